The number of benzene rings is 1. The number of rotatable bonds is 5. The average molecular weight is 424 g/mol. The van der Waals surface area contributed by atoms with E-state index in [1.807, 2.05) is 0 Å². The summed E-state index contributed by atoms with van der Waals surface area (Å²) in [6, 6.07) is 3.39. The van der Waals surface area contributed by atoms with Crippen LogP contribution in [0, 0.1) is 11.8 Å². The predicted octanol–water partition coefficient (Wildman–Crippen LogP) is 3.26. The smallest absolute Gasteiger partial charge is 0.244 e. The fraction of sp³-hybridized carbons (Fsp3) is 0.538. The third-order valence-corrected chi connectivity index (χ3v) is 6.78. The Kier molecular flexibility index (Phi) is 3.90. The Morgan fingerprint density at radius 2 is 1.70 bits per heavy atom. The van der Waals surface area contributed by atoms with E-state index < -0.39 is 10.0 Å². The van der Waals surface area contributed by atoms with E-state index in [4.69, 9.17) is 5.73 Å². The topological polar surface area (TPSA) is 72.2 Å². The molecule has 3 rings (SSSR count). The number of nitrogens with two attached hydrogens (primary N) is 1. The van der Waals surface area contributed by atoms with Crippen LogP contribution in [0.3, 0.4) is 0 Å². The summed E-state index contributed by atoms with van der Waals surface area (Å²) >= 11 is 6.61. The number of nitrogen functional groups attached to an aromatic ring is 1. The second-order valence-electron chi connectivity index (χ2n) is 5.63. The van der Waals surface area contributed by atoms with E-state index in [9.17, 15) is 8.42 Å². The molecule has 0 atom stereocenters. The molecule has 2 aliphatic carbocycles. The van der Waals surface area contributed by atoms with Gasteiger partial charge in [0.15, 0.2) is 0 Å². The van der Waals surface area contributed by atoms with Crippen molar-refractivity contribution in [2.45, 2.75) is 36.6 Å². The molecule has 2 aliphatic rings. The van der Waals surface area contributed by atoms with Crippen molar-refractivity contribution in [3.63, 3.8) is 0 Å². The molecule has 1 aromatic carbocycles. The highest BCUT2D eigenvalue weighted by Gasteiger charge is 2.43. The number of hydrogen-bond donors (Lipinski definition) is 2. The summed E-state index contributed by atoms with van der Waals surface area (Å²) in [4.78, 5) is 0.145. The summed E-state index contributed by atoms with van der Waals surface area (Å²) in [6.07, 6.45) is 4.50. The van der Waals surface area contributed by atoms with Gasteiger partial charge in [0.2, 0.25) is 10.0 Å². The number of hydrogen-bond acceptors (Lipinski definition) is 3. The Bertz CT molecular complexity index is 605. The molecule has 20 heavy (non-hydrogen) atoms. The van der Waals surface area contributed by atoms with E-state index >= 15 is 0 Å². The fourth-order valence-corrected chi connectivity index (χ4v) is 6.03. The monoisotopic (exact) mass is 422 g/mol. The lowest BCUT2D eigenvalue weighted by Crippen LogP contribution is -2.38. The first-order valence-electron chi connectivity index (χ1n) is 6.65. The maximum atomic E-state index is 12.6. The van der Waals surface area contributed by atoms with Crippen LogP contribution >= 0.6 is 31.9 Å². The van der Waals surface area contributed by atoms with E-state index in [1.54, 1.807) is 12.1 Å². The molecule has 0 unspecified atom stereocenters. The number of nitrogens with one attached hydrogen (secondary N) is 1. The first-order chi connectivity index (χ1) is 9.38. The van der Waals surface area contributed by atoms with Crippen LogP contribution in [0.5, 0.6) is 0 Å². The van der Waals surface area contributed by atoms with E-state index in [1.165, 1.54) is 0 Å². The first kappa shape index (κ1) is 14.8. The zero-order valence-electron chi connectivity index (χ0n) is 10.8. The van der Waals surface area contributed by atoms with Gasteiger partial charge in [-0.1, -0.05) is 15.9 Å². The molecule has 0 radical (unpaired) electrons. The Morgan fingerprint density at radius 3 is 2.15 bits per heavy atom. The van der Waals surface area contributed by atoms with E-state index in [0.717, 1.165) is 30.2 Å². The molecule has 0 amide bonds. The summed E-state index contributed by atoms with van der Waals surface area (Å²) in [5, 5.41) is 0. The Morgan fingerprint density at radius 1 is 1.15 bits per heavy atom. The molecule has 110 valence electrons. The van der Waals surface area contributed by atoms with Gasteiger partial charge >= 0.3 is 0 Å². The Hall–Kier alpha value is -0.110. The SMILES string of the molecule is Nc1cc(Br)cc(Br)c1S(=O)(=O)NC(C1CC1)C1CC1. The average Bonchev–Trinajstić information content (AvgIpc) is 3.18. The molecule has 4 nitrogen and oxygen atoms in total. The van der Waals surface area contributed by atoms with Crippen molar-refractivity contribution in [2.24, 2.45) is 11.8 Å². The second kappa shape index (κ2) is 5.26. The quantitative estimate of drug-likeness (QED) is 0.714. The minimum Gasteiger partial charge on any atom is -0.398 e. The number of anilines is 1. The van der Waals surface area contributed by atoms with Gasteiger partial charge in [0.1, 0.15) is 4.90 Å². The third-order valence-electron chi connectivity index (χ3n) is 3.86. The Balaban J connectivity index is 1.91. The van der Waals surface area contributed by atoms with E-state index in [2.05, 4.69) is 36.6 Å². The maximum absolute atomic E-state index is 12.6. The summed E-state index contributed by atoms with van der Waals surface area (Å²) in [6.45, 7) is 0. The van der Waals surface area contributed by atoms with Gasteiger partial charge in [0.05, 0.1) is 5.69 Å². The van der Waals surface area contributed by atoms with Gasteiger partial charge in [-0.3, -0.25) is 0 Å². The first-order valence-corrected chi connectivity index (χ1v) is 9.72. The molecule has 0 saturated heterocycles. The van der Waals surface area contributed by atoms with Gasteiger partial charge < -0.3 is 5.73 Å². The van der Waals surface area contributed by atoms with Crippen LogP contribution in [0.4, 0.5) is 5.69 Å². The normalized spacial score (nSPS) is 19.6. The molecular formula is C13H16Br2N2O2S. The van der Waals surface area contributed by atoms with Crippen LogP contribution in [0.15, 0.2) is 26.0 Å². The van der Waals surface area contributed by atoms with Crippen molar-refractivity contribution >= 4 is 47.6 Å². The van der Waals surface area contributed by atoms with Gasteiger partial charge in [-0.05, 0) is 65.6 Å². The molecule has 0 aromatic heterocycles. The van der Waals surface area contributed by atoms with Crippen LogP contribution in [-0.2, 0) is 10.0 Å². The molecule has 1 aromatic rings. The molecular weight excluding hydrogens is 408 g/mol. The van der Waals surface area contributed by atoms with Gasteiger partial charge in [0, 0.05) is 15.0 Å². The predicted molar refractivity (Wildman–Crippen MR) is 85.8 cm³/mol. The number of halogens is 2. The zero-order valence-corrected chi connectivity index (χ0v) is 14.8. The lowest BCUT2D eigenvalue weighted by Gasteiger charge is -2.19. The van der Waals surface area contributed by atoms with E-state index in [0.29, 0.717) is 16.3 Å². The molecule has 0 heterocycles. The van der Waals surface area contributed by atoms with E-state index in [-0.39, 0.29) is 16.6 Å². The van der Waals surface area contributed by atoms with Gasteiger partial charge in [-0.2, -0.15) is 0 Å². The van der Waals surface area contributed by atoms with Crippen LogP contribution < -0.4 is 10.5 Å². The minimum atomic E-state index is -3.59. The van der Waals surface area contributed by atoms with Crippen molar-refractivity contribution in [3.8, 4) is 0 Å². The maximum Gasteiger partial charge on any atom is 0.244 e. The molecule has 0 bridgehead atoms. The van der Waals surface area contributed by atoms with Crippen LogP contribution in [0.1, 0.15) is 25.7 Å². The fourth-order valence-electron chi connectivity index (χ4n) is 2.59. The highest BCUT2D eigenvalue weighted by molar-refractivity contribution is 9.11. The summed E-state index contributed by atoms with van der Waals surface area (Å²) in [5.41, 5.74) is 6.14. The van der Waals surface area contributed by atoms with Crippen molar-refractivity contribution < 1.29 is 8.42 Å². The minimum absolute atomic E-state index is 0.0787. The Labute approximate surface area is 135 Å². The molecule has 2 saturated carbocycles. The lowest BCUT2D eigenvalue weighted by molar-refractivity contribution is 0.471. The van der Waals surface area contributed by atoms with Gasteiger partial charge in [-0.25, -0.2) is 13.1 Å². The summed E-state index contributed by atoms with van der Waals surface area (Å²) in [7, 11) is -3.59. The van der Waals surface area contributed by atoms with Crippen LogP contribution in [-0.4, -0.2) is 14.5 Å². The standard InChI is InChI=1S/C13H16Br2N2O2S/c14-9-5-10(15)13(11(16)6-9)20(18,19)17-12(7-1-2-7)8-3-4-8/h5-8,12,17H,1-4,16H2. The lowest BCUT2D eigenvalue weighted by atomic mass is 10.1. The summed E-state index contributed by atoms with van der Waals surface area (Å²) in [5.74, 6) is 1.01. The van der Waals surface area contributed by atoms with Crippen molar-refractivity contribution in [3.05, 3.63) is 21.1 Å². The molecule has 0 aliphatic heterocycles. The van der Waals surface area contributed by atoms with Crippen LogP contribution in [0.25, 0.3) is 0 Å². The van der Waals surface area contributed by atoms with Crippen molar-refractivity contribution in [1.29, 1.82) is 0 Å². The molecule has 7 heteroatoms. The molecule has 3 N–H and O–H groups in total. The highest BCUT2D eigenvalue weighted by Crippen LogP contribution is 2.45. The molecule has 2 fully saturated rings. The highest BCUT2D eigenvalue weighted by atomic mass is 79.9. The van der Waals surface area contributed by atoms with Crippen LogP contribution in [0.2, 0.25) is 0 Å². The van der Waals surface area contributed by atoms with Crippen molar-refractivity contribution in [2.75, 3.05) is 5.73 Å². The largest absolute Gasteiger partial charge is 0.398 e. The molecule has 0 spiro atoms. The summed E-state index contributed by atoms with van der Waals surface area (Å²) < 4.78 is 29.4. The van der Waals surface area contributed by atoms with Crippen molar-refractivity contribution in [1.82, 2.24) is 4.72 Å². The number of sulfonamides is 1. The zero-order chi connectivity index (χ0) is 14.5. The second-order valence-corrected chi connectivity index (χ2v) is 9.05. The van der Waals surface area contributed by atoms with Gasteiger partial charge in [0.25, 0.3) is 0 Å². The third kappa shape index (κ3) is 3.05. The van der Waals surface area contributed by atoms with Gasteiger partial charge in [-0.15, -0.1) is 0 Å².